The fourth-order valence-corrected chi connectivity index (χ4v) is 1.51. The number of nitrogens with zero attached hydrogens (tertiary/aromatic N) is 1. The normalized spacial score (nSPS) is 22.8. The summed E-state index contributed by atoms with van der Waals surface area (Å²) >= 11 is 0. The first kappa shape index (κ1) is 15.4. The van der Waals surface area contributed by atoms with Crippen molar-refractivity contribution >= 4 is 17.7 Å². The lowest BCUT2D eigenvalue weighted by Gasteiger charge is -2.43. The molecule has 1 rings (SSSR count). The van der Waals surface area contributed by atoms with Gasteiger partial charge >= 0.3 is 6.18 Å². The van der Waals surface area contributed by atoms with Crippen LogP contribution in [0.4, 0.5) is 13.2 Å². The topological polar surface area (TPSA) is 92.5 Å². The second-order valence-electron chi connectivity index (χ2n) is 5.03. The molecule has 1 heterocycles. The Kier molecular flexibility index (Phi) is 3.40. The molecule has 3 amide bonds. The van der Waals surface area contributed by atoms with Crippen molar-refractivity contribution in [3.63, 3.8) is 0 Å². The summed E-state index contributed by atoms with van der Waals surface area (Å²) in [5, 5.41) is 1.95. The van der Waals surface area contributed by atoms with Crippen LogP contribution in [0, 0.1) is 0 Å². The van der Waals surface area contributed by atoms with Gasteiger partial charge < -0.3 is 10.6 Å². The van der Waals surface area contributed by atoms with Crippen molar-refractivity contribution in [3.8, 4) is 0 Å². The Morgan fingerprint density at radius 1 is 1.37 bits per heavy atom. The summed E-state index contributed by atoms with van der Waals surface area (Å²) in [5.74, 6) is -3.22. The lowest BCUT2D eigenvalue weighted by Crippen LogP contribution is -2.72. The van der Waals surface area contributed by atoms with E-state index >= 15 is 0 Å². The van der Waals surface area contributed by atoms with Gasteiger partial charge in [0.2, 0.25) is 5.91 Å². The number of carbonyl (C=O) groups excluding carboxylic acids is 3. The number of nitrogens with one attached hydrogen (secondary N) is 1. The number of halogens is 3. The maximum atomic E-state index is 12.7. The van der Waals surface area contributed by atoms with Gasteiger partial charge in [-0.3, -0.25) is 19.7 Å². The molecule has 1 fully saturated rings. The molecule has 108 valence electrons. The third kappa shape index (κ3) is 2.42. The molecule has 0 saturated carbocycles. The monoisotopic (exact) mass is 281 g/mol. The number of nitrogens with two attached hydrogens (primary N) is 1. The van der Waals surface area contributed by atoms with E-state index < -0.39 is 41.5 Å². The Hall–Kier alpha value is -1.64. The summed E-state index contributed by atoms with van der Waals surface area (Å²) < 4.78 is 38.2. The molecule has 3 N–H and O–H groups in total. The van der Waals surface area contributed by atoms with Gasteiger partial charge in [-0.05, 0) is 20.8 Å². The molecular formula is C10H14F3N3O3. The number of hydrogen-bond acceptors (Lipinski definition) is 4. The number of rotatable bonds is 1. The van der Waals surface area contributed by atoms with E-state index in [0.717, 1.165) is 0 Å². The minimum atomic E-state index is -4.99. The van der Waals surface area contributed by atoms with Gasteiger partial charge in [0.1, 0.15) is 12.1 Å². The summed E-state index contributed by atoms with van der Waals surface area (Å²) in [5.41, 5.74) is 0.270. The average molecular weight is 281 g/mol. The van der Waals surface area contributed by atoms with Crippen LogP contribution in [0.15, 0.2) is 0 Å². The molecule has 0 radical (unpaired) electrons. The van der Waals surface area contributed by atoms with Gasteiger partial charge in [0.05, 0.1) is 0 Å². The van der Waals surface area contributed by atoms with E-state index in [9.17, 15) is 27.6 Å². The van der Waals surface area contributed by atoms with Crippen molar-refractivity contribution in [2.45, 2.75) is 38.0 Å². The first-order chi connectivity index (χ1) is 8.31. The molecule has 0 aromatic carbocycles. The van der Waals surface area contributed by atoms with Crippen LogP contribution in [-0.4, -0.2) is 46.4 Å². The van der Waals surface area contributed by atoms with Gasteiger partial charge in [-0.15, -0.1) is 0 Å². The molecule has 1 aliphatic rings. The van der Waals surface area contributed by atoms with Crippen molar-refractivity contribution in [1.29, 1.82) is 0 Å². The fourth-order valence-electron chi connectivity index (χ4n) is 1.51. The Bertz CT molecular complexity index is 443. The molecule has 1 saturated heterocycles. The summed E-state index contributed by atoms with van der Waals surface area (Å²) in [6.45, 7) is 2.32. The van der Waals surface area contributed by atoms with Crippen LogP contribution in [0.25, 0.3) is 0 Å². The summed E-state index contributed by atoms with van der Waals surface area (Å²) in [6.07, 6.45) is -4.99. The Morgan fingerprint density at radius 2 is 1.84 bits per heavy atom. The van der Waals surface area contributed by atoms with Crippen LogP contribution < -0.4 is 11.1 Å². The van der Waals surface area contributed by atoms with Crippen molar-refractivity contribution in [2.24, 2.45) is 5.73 Å². The number of piperazine rings is 1. The van der Waals surface area contributed by atoms with Gasteiger partial charge in [-0.25, -0.2) is 0 Å². The molecule has 9 heteroatoms. The first-order valence-electron chi connectivity index (χ1n) is 5.33. The zero-order chi connectivity index (χ0) is 15.2. The lowest BCUT2D eigenvalue weighted by atomic mass is 9.93. The summed E-state index contributed by atoms with van der Waals surface area (Å²) in [6, 6.07) is 0. The first-order valence-corrected chi connectivity index (χ1v) is 5.33. The van der Waals surface area contributed by atoms with Gasteiger partial charge in [-0.2, -0.15) is 13.2 Å². The molecule has 6 nitrogen and oxygen atoms in total. The van der Waals surface area contributed by atoms with Crippen molar-refractivity contribution in [2.75, 3.05) is 6.54 Å². The zero-order valence-electron chi connectivity index (χ0n) is 10.6. The SMILES string of the molecule is CC1(C)C(=O)NC(=O)CN1C(=O)C(C)(N)C(F)(F)F. The van der Waals surface area contributed by atoms with Gasteiger partial charge in [0.25, 0.3) is 11.8 Å². The van der Waals surface area contributed by atoms with E-state index in [1.165, 1.54) is 13.8 Å². The highest BCUT2D eigenvalue weighted by atomic mass is 19.4. The van der Waals surface area contributed by atoms with Crippen LogP contribution >= 0.6 is 0 Å². The molecule has 1 aliphatic heterocycles. The summed E-state index contributed by atoms with van der Waals surface area (Å²) in [4.78, 5) is 35.2. The largest absolute Gasteiger partial charge is 0.415 e. The third-order valence-electron chi connectivity index (χ3n) is 3.06. The minimum Gasteiger partial charge on any atom is -0.317 e. The molecule has 0 spiro atoms. The van der Waals surface area contributed by atoms with Gasteiger partial charge in [-0.1, -0.05) is 0 Å². The average Bonchev–Trinajstić information content (AvgIpc) is 2.21. The smallest absolute Gasteiger partial charge is 0.317 e. The molecule has 0 aromatic rings. The molecule has 0 aliphatic carbocycles. The highest BCUT2D eigenvalue weighted by Crippen LogP contribution is 2.32. The predicted molar refractivity (Wildman–Crippen MR) is 57.6 cm³/mol. The third-order valence-corrected chi connectivity index (χ3v) is 3.06. The highest BCUT2D eigenvalue weighted by molar-refractivity contribution is 6.07. The summed E-state index contributed by atoms with van der Waals surface area (Å²) in [7, 11) is 0. The van der Waals surface area contributed by atoms with E-state index in [1.54, 1.807) is 0 Å². The Balaban J connectivity index is 3.17. The quantitative estimate of drug-likeness (QED) is 0.635. The Labute approximate surface area is 107 Å². The van der Waals surface area contributed by atoms with E-state index in [0.29, 0.717) is 11.8 Å². The number of imide groups is 1. The number of alkyl halides is 3. The van der Waals surface area contributed by atoms with Crippen LogP contribution in [0.5, 0.6) is 0 Å². The van der Waals surface area contributed by atoms with E-state index in [1.807, 2.05) is 5.32 Å². The van der Waals surface area contributed by atoms with E-state index in [4.69, 9.17) is 5.73 Å². The van der Waals surface area contributed by atoms with E-state index in [2.05, 4.69) is 0 Å². The second-order valence-corrected chi connectivity index (χ2v) is 5.03. The molecule has 0 aromatic heterocycles. The van der Waals surface area contributed by atoms with Gasteiger partial charge in [0.15, 0.2) is 5.54 Å². The number of carbonyl (C=O) groups is 3. The molecule has 1 unspecified atom stereocenters. The molecule has 1 atom stereocenters. The van der Waals surface area contributed by atoms with Gasteiger partial charge in [0, 0.05) is 0 Å². The maximum absolute atomic E-state index is 12.7. The molecule has 19 heavy (non-hydrogen) atoms. The van der Waals surface area contributed by atoms with Crippen molar-refractivity contribution in [3.05, 3.63) is 0 Å². The highest BCUT2D eigenvalue weighted by Gasteiger charge is 2.58. The number of hydrogen-bond donors (Lipinski definition) is 2. The minimum absolute atomic E-state index is 0.502. The maximum Gasteiger partial charge on any atom is 0.415 e. The molecular weight excluding hydrogens is 267 g/mol. The number of amides is 3. The van der Waals surface area contributed by atoms with Crippen LogP contribution in [0.3, 0.4) is 0 Å². The van der Waals surface area contributed by atoms with Crippen molar-refractivity contribution < 1.29 is 27.6 Å². The van der Waals surface area contributed by atoms with Crippen LogP contribution in [0.2, 0.25) is 0 Å². The standard InChI is InChI=1S/C10H14F3N3O3/c1-8(2)6(18)15-5(17)4-16(8)7(19)9(3,14)10(11,12)13/h4,14H2,1-3H3,(H,15,17,18). The molecule has 0 bridgehead atoms. The Morgan fingerprint density at radius 3 is 2.26 bits per heavy atom. The fraction of sp³-hybridized carbons (Fsp3) is 0.700. The van der Waals surface area contributed by atoms with E-state index in [-0.39, 0.29) is 0 Å². The predicted octanol–water partition coefficient (Wildman–Crippen LogP) is -0.470. The van der Waals surface area contributed by atoms with Crippen LogP contribution in [-0.2, 0) is 14.4 Å². The van der Waals surface area contributed by atoms with Crippen LogP contribution in [0.1, 0.15) is 20.8 Å². The zero-order valence-corrected chi connectivity index (χ0v) is 10.6. The lowest BCUT2D eigenvalue weighted by molar-refractivity contribution is -0.198. The second kappa shape index (κ2) is 4.19. The van der Waals surface area contributed by atoms with Crippen molar-refractivity contribution in [1.82, 2.24) is 10.2 Å².